The maximum atomic E-state index is 12.7. The molecule has 1 aliphatic rings. The quantitative estimate of drug-likeness (QED) is 0.558. The number of piperidine rings is 1. The van der Waals surface area contributed by atoms with E-state index >= 15 is 0 Å². The molecule has 0 radical (unpaired) electrons. The molecule has 0 spiro atoms. The number of carbonyl (C=O) groups excluding carboxylic acids is 1. The Morgan fingerprint density at radius 2 is 1.66 bits per heavy atom. The van der Waals surface area contributed by atoms with Gasteiger partial charge in [-0.2, -0.15) is 0 Å². The lowest BCUT2D eigenvalue weighted by Gasteiger charge is -2.24. The smallest absolute Gasteiger partial charge is 0.253 e. The largest absolute Gasteiger partial charge is 0.399 e. The lowest BCUT2D eigenvalue weighted by Crippen LogP contribution is -2.30. The summed E-state index contributed by atoms with van der Waals surface area (Å²) in [5.74, 6) is 0.0875. The summed E-state index contributed by atoms with van der Waals surface area (Å²) in [7, 11) is 0.612. The van der Waals surface area contributed by atoms with Crippen molar-refractivity contribution in [3.05, 3.63) is 70.8 Å². The maximum absolute atomic E-state index is 12.7. The molecular formula is C24H31N3OP+. The van der Waals surface area contributed by atoms with Crippen molar-refractivity contribution in [2.75, 3.05) is 31.9 Å². The second-order valence-electron chi connectivity index (χ2n) is 7.30. The monoisotopic (exact) mass is 408 g/mol. The molecule has 3 rings (SSSR count). The molecule has 5 heteroatoms. The molecule has 29 heavy (non-hydrogen) atoms. The Kier molecular flexibility index (Phi) is 7.24. The van der Waals surface area contributed by atoms with Crippen molar-refractivity contribution in [2.24, 2.45) is 0 Å². The van der Waals surface area contributed by atoms with Gasteiger partial charge in [0.05, 0.1) is 6.30 Å². The van der Waals surface area contributed by atoms with Gasteiger partial charge in [0.2, 0.25) is 0 Å². The highest BCUT2D eigenvalue weighted by atomic mass is 31.1. The number of anilines is 1. The molecule has 1 amide bonds. The van der Waals surface area contributed by atoms with E-state index in [0.29, 0.717) is 8.35 Å². The first-order valence-corrected chi connectivity index (χ1v) is 11.5. The number of amides is 1. The van der Waals surface area contributed by atoms with E-state index in [1.165, 1.54) is 11.1 Å². The molecule has 4 nitrogen and oxygen atoms in total. The predicted molar refractivity (Wildman–Crippen MR) is 127 cm³/mol. The molecule has 1 heterocycles. The molecule has 2 N–H and O–H groups in total. The Balaban J connectivity index is 1.99. The lowest BCUT2D eigenvalue weighted by molar-refractivity contribution is 0.0773. The molecule has 152 valence electrons. The third kappa shape index (κ3) is 4.95. The molecule has 0 bridgehead atoms. The SMILES string of the molecule is C=[PH+]N1CCC(=C(c2ccc(C(=O)N(CC)CC)cc2)c2cccc(N)c2)CC1. The predicted octanol–water partition coefficient (Wildman–Crippen LogP) is 4.67. The van der Waals surface area contributed by atoms with Gasteiger partial charge in [0.25, 0.3) is 5.91 Å². The molecular weight excluding hydrogens is 377 g/mol. The fraction of sp³-hybridized carbons (Fsp3) is 0.333. The van der Waals surface area contributed by atoms with Crippen LogP contribution < -0.4 is 5.73 Å². The van der Waals surface area contributed by atoms with Crippen LogP contribution in [0.3, 0.4) is 0 Å². The highest BCUT2D eigenvalue weighted by Gasteiger charge is 2.21. The first kappa shape index (κ1) is 21.3. The molecule has 1 atom stereocenters. The van der Waals surface area contributed by atoms with Crippen LogP contribution in [0, 0.1) is 0 Å². The summed E-state index contributed by atoms with van der Waals surface area (Å²) in [6.07, 6.45) is 6.12. The summed E-state index contributed by atoms with van der Waals surface area (Å²) >= 11 is 0. The Hall–Kier alpha value is -2.42. The van der Waals surface area contributed by atoms with Gasteiger partial charge in [-0.1, -0.05) is 29.8 Å². The minimum atomic E-state index is 0.0875. The van der Waals surface area contributed by atoms with Crippen molar-refractivity contribution in [3.8, 4) is 0 Å². The fourth-order valence-corrected chi connectivity index (χ4v) is 4.47. The van der Waals surface area contributed by atoms with Gasteiger partial charge in [-0.3, -0.25) is 4.79 Å². The lowest BCUT2D eigenvalue weighted by atomic mass is 9.88. The number of nitrogen functional groups attached to an aromatic ring is 1. The number of nitrogens with two attached hydrogens (primary N) is 1. The van der Waals surface area contributed by atoms with E-state index in [1.807, 2.05) is 49.1 Å². The van der Waals surface area contributed by atoms with Gasteiger partial charge in [0.15, 0.2) is 8.35 Å². The topological polar surface area (TPSA) is 49.6 Å². The van der Waals surface area contributed by atoms with Crippen LogP contribution in [0.5, 0.6) is 0 Å². The van der Waals surface area contributed by atoms with Gasteiger partial charge < -0.3 is 10.6 Å². The van der Waals surface area contributed by atoms with E-state index in [-0.39, 0.29) is 5.91 Å². The van der Waals surface area contributed by atoms with E-state index in [1.54, 1.807) is 0 Å². The Bertz CT molecular complexity index is 891. The van der Waals surface area contributed by atoms with Gasteiger partial charge in [-0.05, 0) is 67.7 Å². The zero-order valence-corrected chi connectivity index (χ0v) is 18.4. The van der Waals surface area contributed by atoms with E-state index in [9.17, 15) is 4.79 Å². The van der Waals surface area contributed by atoms with Crippen LogP contribution in [-0.4, -0.2) is 48.0 Å². The summed E-state index contributed by atoms with van der Waals surface area (Å²) in [6, 6.07) is 16.2. The Morgan fingerprint density at radius 3 is 2.21 bits per heavy atom. The van der Waals surface area contributed by atoms with Gasteiger partial charge in [-0.15, -0.1) is 4.67 Å². The molecule has 2 aromatic rings. The van der Waals surface area contributed by atoms with Crippen LogP contribution in [0.25, 0.3) is 5.57 Å². The van der Waals surface area contributed by atoms with Crippen molar-refractivity contribution in [3.63, 3.8) is 0 Å². The number of hydrogen-bond acceptors (Lipinski definition) is 3. The average molecular weight is 409 g/mol. The van der Waals surface area contributed by atoms with Gasteiger partial charge in [0.1, 0.15) is 0 Å². The van der Waals surface area contributed by atoms with Crippen LogP contribution in [0.1, 0.15) is 48.2 Å². The molecule has 0 aliphatic carbocycles. The standard InChI is InChI=1S/C24H30N3OP/c1-4-26(5-2)24(28)20-11-9-18(10-12-20)23(21-7-6-8-22(25)17-21)19-13-15-27(29-3)16-14-19/h6-12,17H,3-5,13-16,25H2,1-2H3/p+1. The van der Waals surface area contributed by atoms with Gasteiger partial charge in [0, 0.05) is 37.4 Å². The van der Waals surface area contributed by atoms with Crippen molar-refractivity contribution >= 4 is 31.8 Å². The normalized spacial score (nSPS) is 14.8. The van der Waals surface area contributed by atoms with Gasteiger partial charge in [-0.25, -0.2) is 0 Å². The number of benzene rings is 2. The van der Waals surface area contributed by atoms with Crippen molar-refractivity contribution in [1.82, 2.24) is 9.57 Å². The van der Waals surface area contributed by atoms with Crippen molar-refractivity contribution in [2.45, 2.75) is 26.7 Å². The number of nitrogens with zero attached hydrogens (tertiary/aromatic N) is 2. The summed E-state index contributed by atoms with van der Waals surface area (Å²) < 4.78 is 2.41. The first-order valence-electron chi connectivity index (χ1n) is 10.3. The summed E-state index contributed by atoms with van der Waals surface area (Å²) in [5.41, 5.74) is 12.6. The second kappa shape index (κ2) is 9.87. The summed E-state index contributed by atoms with van der Waals surface area (Å²) in [6.45, 7) is 7.55. The summed E-state index contributed by atoms with van der Waals surface area (Å²) in [5, 5.41) is 0. The van der Waals surface area contributed by atoms with Crippen LogP contribution in [0.15, 0.2) is 54.1 Å². The Labute approximate surface area is 175 Å². The molecule has 1 unspecified atom stereocenters. The number of hydrogen-bond donors (Lipinski definition) is 1. The third-order valence-electron chi connectivity index (χ3n) is 5.59. The van der Waals surface area contributed by atoms with Crippen LogP contribution in [-0.2, 0) is 0 Å². The van der Waals surface area contributed by atoms with E-state index in [0.717, 1.165) is 61.4 Å². The minimum Gasteiger partial charge on any atom is -0.399 e. The van der Waals surface area contributed by atoms with Crippen LogP contribution in [0.4, 0.5) is 5.69 Å². The highest BCUT2D eigenvalue weighted by molar-refractivity contribution is 7.33. The number of carbonyl (C=O) groups is 1. The molecule has 1 aliphatic heterocycles. The molecule has 1 saturated heterocycles. The molecule has 0 saturated carbocycles. The van der Waals surface area contributed by atoms with E-state index < -0.39 is 0 Å². The van der Waals surface area contributed by atoms with E-state index in [2.05, 4.69) is 29.2 Å². The summed E-state index contributed by atoms with van der Waals surface area (Å²) in [4.78, 5) is 14.5. The zero-order valence-electron chi connectivity index (χ0n) is 17.4. The highest BCUT2D eigenvalue weighted by Crippen LogP contribution is 2.34. The molecule has 2 aromatic carbocycles. The van der Waals surface area contributed by atoms with Crippen molar-refractivity contribution in [1.29, 1.82) is 0 Å². The fourth-order valence-electron chi connectivity index (χ4n) is 3.93. The zero-order chi connectivity index (χ0) is 20.8. The molecule has 0 aromatic heterocycles. The Morgan fingerprint density at radius 1 is 1.03 bits per heavy atom. The number of rotatable bonds is 6. The average Bonchev–Trinajstić information content (AvgIpc) is 2.76. The van der Waals surface area contributed by atoms with E-state index in [4.69, 9.17) is 5.73 Å². The van der Waals surface area contributed by atoms with Crippen LogP contribution in [0.2, 0.25) is 0 Å². The van der Waals surface area contributed by atoms with Crippen LogP contribution >= 0.6 is 8.35 Å². The minimum absolute atomic E-state index is 0.0875. The molecule has 1 fully saturated rings. The third-order valence-corrected chi connectivity index (χ3v) is 6.49. The maximum Gasteiger partial charge on any atom is 0.253 e. The van der Waals surface area contributed by atoms with Gasteiger partial charge >= 0.3 is 0 Å². The first-order chi connectivity index (χ1) is 14.1. The second-order valence-corrected chi connectivity index (χ2v) is 8.25. The van der Waals surface area contributed by atoms with Crippen molar-refractivity contribution < 1.29 is 4.79 Å².